The largest absolute Gasteiger partial charge is 0.435 e. The summed E-state index contributed by atoms with van der Waals surface area (Å²) in [6.07, 6.45) is 3.38. The summed E-state index contributed by atoms with van der Waals surface area (Å²) in [6.45, 7) is 1.35. The van der Waals surface area contributed by atoms with E-state index < -0.39 is 6.61 Å². The van der Waals surface area contributed by atoms with Gasteiger partial charge in [-0.05, 0) is 41.3 Å². The monoisotopic (exact) mass is 391 g/mol. The third-order valence-electron chi connectivity index (χ3n) is 3.24. The van der Waals surface area contributed by atoms with Gasteiger partial charge in [0.2, 0.25) is 4.80 Å². The van der Waals surface area contributed by atoms with Gasteiger partial charge in [-0.25, -0.2) is 4.68 Å². The first-order valence-electron chi connectivity index (χ1n) is 7.62. The number of rotatable bonds is 7. The van der Waals surface area contributed by atoms with E-state index in [0.717, 1.165) is 20.9 Å². The number of benzene rings is 1. The summed E-state index contributed by atoms with van der Waals surface area (Å²) in [5.74, 6) is 0.112. The van der Waals surface area contributed by atoms with Crippen molar-refractivity contribution >= 4 is 28.9 Å². The Morgan fingerprint density at radius 1 is 1.19 bits per heavy atom. The lowest BCUT2D eigenvalue weighted by atomic mass is 10.2. The Labute approximate surface area is 157 Å². The Hall–Kier alpha value is -2.58. The molecule has 1 aromatic carbocycles. The Morgan fingerprint density at radius 2 is 2.00 bits per heavy atom. The predicted molar refractivity (Wildman–Crippen MR) is 102 cm³/mol. The average Bonchev–Trinajstić information content (AvgIpc) is 3.28. The lowest BCUT2D eigenvalue weighted by molar-refractivity contribution is -0.0498. The summed E-state index contributed by atoms with van der Waals surface area (Å²) in [5.41, 5.74) is 1.71. The molecule has 0 amide bonds. The van der Waals surface area contributed by atoms with Crippen molar-refractivity contribution in [2.75, 3.05) is 6.54 Å². The number of nitrogens with zero attached hydrogens (tertiary/aromatic N) is 3. The molecule has 0 fully saturated rings. The molecule has 0 radical (unpaired) electrons. The molecule has 0 N–H and O–H groups in total. The van der Waals surface area contributed by atoms with Crippen LogP contribution in [-0.4, -0.2) is 24.0 Å². The molecule has 0 saturated carbocycles. The van der Waals surface area contributed by atoms with Crippen molar-refractivity contribution in [3.05, 3.63) is 70.2 Å². The number of aromatic nitrogens is 1. The number of thiophene rings is 1. The second-order valence-corrected chi connectivity index (χ2v) is 6.80. The van der Waals surface area contributed by atoms with Gasteiger partial charge in [0.15, 0.2) is 0 Å². The van der Waals surface area contributed by atoms with Crippen molar-refractivity contribution in [3.8, 4) is 16.3 Å². The van der Waals surface area contributed by atoms with E-state index in [1.165, 1.54) is 23.5 Å². The molecule has 3 rings (SSSR count). The first-order chi connectivity index (χ1) is 12.7. The van der Waals surface area contributed by atoms with E-state index in [9.17, 15) is 8.78 Å². The first kappa shape index (κ1) is 18.2. The molecular formula is C18H15F2N3OS2. The van der Waals surface area contributed by atoms with Crippen LogP contribution in [0.3, 0.4) is 0 Å². The first-order valence-corrected chi connectivity index (χ1v) is 9.38. The van der Waals surface area contributed by atoms with E-state index in [0.29, 0.717) is 6.54 Å². The predicted octanol–water partition coefficient (Wildman–Crippen LogP) is 4.85. The van der Waals surface area contributed by atoms with Gasteiger partial charge in [0.05, 0.1) is 23.3 Å². The van der Waals surface area contributed by atoms with Gasteiger partial charge in [0.25, 0.3) is 0 Å². The summed E-state index contributed by atoms with van der Waals surface area (Å²) in [6, 6.07) is 10.3. The molecular weight excluding hydrogens is 376 g/mol. The van der Waals surface area contributed by atoms with Crippen LogP contribution in [0.2, 0.25) is 0 Å². The molecule has 0 aliphatic heterocycles. The molecule has 134 valence electrons. The number of hydrogen-bond donors (Lipinski definition) is 0. The molecule has 2 heterocycles. The van der Waals surface area contributed by atoms with E-state index in [2.05, 4.69) is 21.4 Å². The third kappa shape index (κ3) is 4.53. The maximum atomic E-state index is 12.2. The molecule has 0 spiro atoms. The summed E-state index contributed by atoms with van der Waals surface area (Å²) in [5, 5.41) is 8.54. The fourth-order valence-electron chi connectivity index (χ4n) is 2.12. The molecule has 8 heteroatoms. The van der Waals surface area contributed by atoms with Crippen LogP contribution in [0.25, 0.3) is 10.6 Å². The van der Waals surface area contributed by atoms with Gasteiger partial charge >= 0.3 is 6.61 Å². The molecule has 0 bridgehead atoms. The summed E-state index contributed by atoms with van der Waals surface area (Å²) >= 11 is 3.12. The molecule has 0 atom stereocenters. The highest BCUT2D eigenvalue weighted by atomic mass is 32.1. The van der Waals surface area contributed by atoms with Gasteiger partial charge in [-0.2, -0.15) is 13.9 Å². The van der Waals surface area contributed by atoms with Crippen LogP contribution in [0, 0.1) is 0 Å². The van der Waals surface area contributed by atoms with Crippen LogP contribution in [-0.2, 0) is 0 Å². The minimum absolute atomic E-state index is 0.112. The SMILES string of the molecule is C=CCN=c1scc(-c2cccs2)n1N=Cc1ccc(OC(F)F)cc1. The Balaban J connectivity index is 1.91. The molecule has 0 unspecified atom stereocenters. The maximum Gasteiger partial charge on any atom is 0.387 e. The fourth-order valence-corrected chi connectivity index (χ4v) is 3.76. The van der Waals surface area contributed by atoms with E-state index in [4.69, 9.17) is 0 Å². The van der Waals surface area contributed by atoms with Gasteiger partial charge in [0, 0.05) is 5.38 Å². The zero-order valence-corrected chi connectivity index (χ0v) is 15.2. The summed E-state index contributed by atoms with van der Waals surface area (Å²) in [4.78, 5) is 6.30. The summed E-state index contributed by atoms with van der Waals surface area (Å²) < 4.78 is 30.5. The van der Waals surface area contributed by atoms with Crippen LogP contribution in [0.4, 0.5) is 8.78 Å². The number of hydrogen-bond acceptors (Lipinski definition) is 5. The van der Waals surface area contributed by atoms with Crippen molar-refractivity contribution in [3.63, 3.8) is 0 Å². The van der Waals surface area contributed by atoms with Gasteiger partial charge in [-0.1, -0.05) is 12.1 Å². The third-order valence-corrected chi connectivity index (χ3v) is 4.99. The van der Waals surface area contributed by atoms with Crippen LogP contribution in [0.5, 0.6) is 5.75 Å². The number of ether oxygens (including phenoxy) is 1. The zero-order valence-electron chi connectivity index (χ0n) is 13.6. The lowest BCUT2D eigenvalue weighted by Crippen LogP contribution is -2.12. The molecule has 0 aliphatic rings. The quantitative estimate of drug-likeness (QED) is 0.419. The van der Waals surface area contributed by atoms with Gasteiger partial charge in [0.1, 0.15) is 5.75 Å². The van der Waals surface area contributed by atoms with Gasteiger partial charge < -0.3 is 4.74 Å². The van der Waals surface area contributed by atoms with Crippen molar-refractivity contribution in [1.82, 2.24) is 4.68 Å². The average molecular weight is 391 g/mol. The van der Waals surface area contributed by atoms with Crippen LogP contribution in [0.1, 0.15) is 5.56 Å². The Bertz CT molecular complexity index is 942. The topological polar surface area (TPSA) is 38.9 Å². The second-order valence-electron chi connectivity index (χ2n) is 5.01. The van der Waals surface area contributed by atoms with E-state index in [-0.39, 0.29) is 5.75 Å². The molecule has 3 aromatic rings. The van der Waals surface area contributed by atoms with Gasteiger partial charge in [-0.3, -0.25) is 4.99 Å². The maximum absolute atomic E-state index is 12.2. The van der Waals surface area contributed by atoms with Crippen molar-refractivity contribution < 1.29 is 13.5 Å². The van der Waals surface area contributed by atoms with E-state index in [1.54, 1.807) is 40.4 Å². The van der Waals surface area contributed by atoms with Crippen molar-refractivity contribution in [2.24, 2.45) is 10.1 Å². The molecule has 0 saturated heterocycles. The highest BCUT2D eigenvalue weighted by Gasteiger charge is 2.08. The molecule has 26 heavy (non-hydrogen) atoms. The normalized spacial score (nSPS) is 12.2. The second kappa shape index (κ2) is 8.68. The fraction of sp³-hybridized carbons (Fsp3) is 0.111. The van der Waals surface area contributed by atoms with Crippen LogP contribution < -0.4 is 9.54 Å². The Morgan fingerprint density at radius 3 is 2.65 bits per heavy atom. The van der Waals surface area contributed by atoms with Gasteiger partial charge in [-0.15, -0.1) is 29.3 Å². The minimum atomic E-state index is -2.83. The van der Waals surface area contributed by atoms with Crippen molar-refractivity contribution in [1.29, 1.82) is 0 Å². The van der Waals surface area contributed by atoms with Crippen LogP contribution >= 0.6 is 22.7 Å². The smallest absolute Gasteiger partial charge is 0.387 e. The highest BCUT2D eigenvalue weighted by molar-refractivity contribution is 7.14. The van der Waals surface area contributed by atoms with E-state index >= 15 is 0 Å². The van der Waals surface area contributed by atoms with E-state index in [1.807, 2.05) is 22.9 Å². The van der Waals surface area contributed by atoms with Crippen LogP contribution in [0.15, 0.2) is 69.9 Å². The number of halogens is 2. The minimum Gasteiger partial charge on any atom is -0.435 e. The summed E-state index contributed by atoms with van der Waals surface area (Å²) in [7, 11) is 0. The standard InChI is InChI=1S/C18H15F2N3OS2/c1-2-9-21-18-23(15(12-26-18)16-4-3-10-25-16)22-11-13-5-7-14(8-6-13)24-17(19)20/h2-8,10-12,17H,1,9H2. The molecule has 0 aliphatic carbocycles. The van der Waals surface area contributed by atoms with Crippen molar-refractivity contribution in [2.45, 2.75) is 6.61 Å². The number of thiazole rings is 1. The molecule has 2 aromatic heterocycles. The Kier molecular flexibility index (Phi) is 6.08. The lowest BCUT2D eigenvalue weighted by Gasteiger charge is -2.04. The number of alkyl halides is 2. The highest BCUT2D eigenvalue weighted by Crippen LogP contribution is 2.25. The zero-order chi connectivity index (χ0) is 18.4. The molecule has 4 nitrogen and oxygen atoms in total.